The third kappa shape index (κ3) is 4.32. The Morgan fingerprint density at radius 1 is 0.793 bits per heavy atom. The van der Waals surface area contributed by atoms with E-state index in [2.05, 4.69) is 26.8 Å². The van der Waals surface area contributed by atoms with Crippen LogP contribution in [0.5, 0.6) is 0 Å². The highest BCUT2D eigenvalue weighted by molar-refractivity contribution is 5.81. The lowest BCUT2D eigenvalue weighted by Gasteiger charge is -2.39. The lowest BCUT2D eigenvalue weighted by molar-refractivity contribution is 0.0296. The van der Waals surface area contributed by atoms with Crippen molar-refractivity contribution in [3.8, 4) is 0 Å². The number of fused-ring (bicyclic) bond motifs is 1. The topological polar surface area (TPSA) is 54.0 Å². The first-order valence-electron chi connectivity index (χ1n) is 11.0. The van der Waals surface area contributed by atoms with Crippen molar-refractivity contribution in [2.45, 2.75) is 12.8 Å². The largest absolute Gasteiger partial charge is 0.379 e. The van der Waals surface area contributed by atoms with Gasteiger partial charge in [0.2, 0.25) is 0 Å². The molecule has 5 rings (SSSR count). The van der Waals surface area contributed by atoms with Crippen LogP contribution in [-0.4, -0.2) is 87.1 Å². The predicted molar refractivity (Wildman–Crippen MR) is 115 cm³/mol. The maximum Gasteiger partial charge on any atom is 0.172 e. The predicted octanol–water partition coefficient (Wildman–Crippen LogP) is 2.02. The first-order chi connectivity index (χ1) is 14.4. The highest BCUT2D eigenvalue weighted by Gasteiger charge is 2.28. The number of hydrogen-bond donors (Lipinski definition) is 0. The molecular weight excluding hydrogens is 366 g/mol. The number of morpholine rings is 2. The summed E-state index contributed by atoms with van der Waals surface area (Å²) in [5, 5.41) is 0. The van der Waals surface area contributed by atoms with Crippen molar-refractivity contribution in [1.29, 1.82) is 0 Å². The maximum absolute atomic E-state index is 5.58. The van der Waals surface area contributed by atoms with Crippen LogP contribution in [0.1, 0.15) is 12.8 Å². The Hall–Kier alpha value is -1.96. The average Bonchev–Trinajstić information content (AvgIpc) is 2.80. The minimum atomic E-state index is 0.674. The monoisotopic (exact) mass is 397 g/mol. The molecule has 1 aromatic heterocycles. The number of hydrogen-bond acceptors (Lipinski definition) is 7. The van der Waals surface area contributed by atoms with Gasteiger partial charge in [-0.05, 0) is 30.9 Å². The van der Waals surface area contributed by atoms with Crippen LogP contribution in [-0.2, 0) is 9.47 Å². The first-order valence-corrected chi connectivity index (χ1v) is 11.0. The summed E-state index contributed by atoms with van der Waals surface area (Å²) in [6.45, 7) is 10.4. The summed E-state index contributed by atoms with van der Waals surface area (Å²) >= 11 is 0. The van der Waals surface area contributed by atoms with Gasteiger partial charge < -0.3 is 19.3 Å². The van der Waals surface area contributed by atoms with Crippen LogP contribution in [0.25, 0.3) is 11.0 Å². The minimum Gasteiger partial charge on any atom is -0.379 e. The van der Waals surface area contributed by atoms with E-state index in [1.165, 1.54) is 12.8 Å². The van der Waals surface area contributed by atoms with Gasteiger partial charge in [0.25, 0.3) is 0 Å². The molecule has 7 nitrogen and oxygen atoms in total. The third-order valence-electron chi connectivity index (χ3n) is 6.28. The van der Waals surface area contributed by atoms with Gasteiger partial charge in [0, 0.05) is 45.8 Å². The second kappa shape index (κ2) is 8.81. The van der Waals surface area contributed by atoms with Crippen LogP contribution < -0.4 is 9.80 Å². The molecule has 3 aliphatic rings. The molecule has 3 aliphatic heterocycles. The lowest BCUT2D eigenvalue weighted by atomic mass is 9.97. The maximum atomic E-state index is 5.58. The van der Waals surface area contributed by atoms with E-state index in [0.717, 1.165) is 94.9 Å². The number of piperidine rings is 1. The molecule has 7 heteroatoms. The number of aromatic nitrogens is 2. The van der Waals surface area contributed by atoms with Crippen LogP contribution >= 0.6 is 0 Å². The van der Waals surface area contributed by atoms with Crippen LogP contribution in [0.3, 0.4) is 0 Å². The number of anilines is 2. The molecule has 0 N–H and O–H groups in total. The summed E-state index contributed by atoms with van der Waals surface area (Å²) in [5.74, 6) is 2.75. The van der Waals surface area contributed by atoms with E-state index in [9.17, 15) is 0 Å². The summed E-state index contributed by atoms with van der Waals surface area (Å²) in [7, 11) is 0. The van der Waals surface area contributed by atoms with E-state index >= 15 is 0 Å². The average molecular weight is 398 g/mol. The zero-order valence-electron chi connectivity index (χ0n) is 17.1. The Labute approximate surface area is 172 Å². The van der Waals surface area contributed by atoms with E-state index in [-0.39, 0.29) is 0 Å². The first kappa shape index (κ1) is 19.0. The SMILES string of the molecule is c1ccc2nc(N3CCCC(CN4CCOCC4)C3)c(N3CCOCC3)nc2c1. The number of nitrogens with zero attached hydrogens (tertiary/aromatic N) is 5. The molecule has 0 spiro atoms. The molecule has 3 saturated heterocycles. The second-order valence-corrected chi connectivity index (χ2v) is 8.33. The second-order valence-electron chi connectivity index (χ2n) is 8.33. The zero-order valence-corrected chi connectivity index (χ0v) is 17.1. The quantitative estimate of drug-likeness (QED) is 0.782. The van der Waals surface area contributed by atoms with Gasteiger partial charge in [0.15, 0.2) is 11.6 Å². The molecule has 0 aliphatic carbocycles. The van der Waals surface area contributed by atoms with E-state index < -0.39 is 0 Å². The number of rotatable bonds is 4. The highest BCUT2D eigenvalue weighted by Crippen LogP contribution is 2.32. The molecule has 1 aromatic carbocycles. The molecule has 1 unspecified atom stereocenters. The van der Waals surface area contributed by atoms with Gasteiger partial charge in [-0.15, -0.1) is 0 Å². The van der Waals surface area contributed by atoms with Crippen molar-refractivity contribution in [1.82, 2.24) is 14.9 Å². The van der Waals surface area contributed by atoms with E-state index in [4.69, 9.17) is 19.4 Å². The van der Waals surface area contributed by atoms with Gasteiger partial charge in [0.1, 0.15) is 0 Å². The van der Waals surface area contributed by atoms with Crippen LogP contribution in [0.2, 0.25) is 0 Å². The molecule has 0 bridgehead atoms. The molecule has 3 fully saturated rings. The van der Waals surface area contributed by atoms with Crippen LogP contribution in [0.15, 0.2) is 24.3 Å². The van der Waals surface area contributed by atoms with Gasteiger partial charge in [-0.3, -0.25) is 4.90 Å². The molecule has 1 atom stereocenters. The number of para-hydroxylation sites is 2. The fourth-order valence-electron chi connectivity index (χ4n) is 4.74. The normalized spacial score (nSPS) is 24.2. The van der Waals surface area contributed by atoms with Crippen molar-refractivity contribution in [3.63, 3.8) is 0 Å². The molecule has 0 radical (unpaired) electrons. The lowest BCUT2D eigenvalue weighted by Crippen LogP contribution is -2.45. The number of ether oxygens (including phenoxy) is 2. The summed E-state index contributed by atoms with van der Waals surface area (Å²) in [6.07, 6.45) is 2.51. The van der Waals surface area contributed by atoms with Crippen molar-refractivity contribution in [3.05, 3.63) is 24.3 Å². The molecule has 156 valence electrons. The fraction of sp³-hybridized carbons (Fsp3) is 0.636. The molecule has 29 heavy (non-hydrogen) atoms. The van der Waals surface area contributed by atoms with Crippen molar-refractivity contribution in [2.75, 3.05) is 82.0 Å². The summed E-state index contributed by atoms with van der Waals surface area (Å²) in [6, 6.07) is 8.23. The highest BCUT2D eigenvalue weighted by atomic mass is 16.5. The Balaban J connectivity index is 1.41. The van der Waals surface area contributed by atoms with E-state index in [1.807, 2.05) is 12.1 Å². The molecular formula is C22H31N5O2. The Morgan fingerprint density at radius 3 is 2.10 bits per heavy atom. The smallest absolute Gasteiger partial charge is 0.172 e. The van der Waals surface area contributed by atoms with E-state index in [0.29, 0.717) is 5.92 Å². The third-order valence-corrected chi connectivity index (χ3v) is 6.28. The minimum absolute atomic E-state index is 0.674. The van der Waals surface area contributed by atoms with Crippen molar-refractivity contribution in [2.24, 2.45) is 5.92 Å². The Bertz CT molecular complexity index is 820. The number of benzene rings is 1. The van der Waals surface area contributed by atoms with Crippen LogP contribution in [0, 0.1) is 5.92 Å². The van der Waals surface area contributed by atoms with Gasteiger partial charge in [-0.25, -0.2) is 9.97 Å². The summed E-state index contributed by atoms with van der Waals surface area (Å²) in [4.78, 5) is 17.6. The molecule has 4 heterocycles. The van der Waals surface area contributed by atoms with Crippen molar-refractivity contribution >= 4 is 22.7 Å². The summed E-state index contributed by atoms with van der Waals surface area (Å²) in [5.41, 5.74) is 1.95. The van der Waals surface area contributed by atoms with E-state index in [1.54, 1.807) is 0 Å². The summed E-state index contributed by atoms with van der Waals surface area (Å²) < 4.78 is 11.1. The van der Waals surface area contributed by atoms with Gasteiger partial charge >= 0.3 is 0 Å². The zero-order chi connectivity index (χ0) is 19.5. The van der Waals surface area contributed by atoms with Gasteiger partial charge in [-0.2, -0.15) is 0 Å². The van der Waals surface area contributed by atoms with Crippen molar-refractivity contribution < 1.29 is 9.47 Å². The fourth-order valence-corrected chi connectivity index (χ4v) is 4.74. The standard InChI is InChI=1S/C22H31N5O2/c1-2-6-20-19(5-1)23-21(26-10-14-29-15-11-26)22(24-20)27-7-3-4-18(17-27)16-25-8-12-28-13-9-25/h1-2,5-6,18H,3-4,7-17H2. The van der Waals surface area contributed by atoms with Gasteiger partial charge in [0.05, 0.1) is 37.5 Å². The Morgan fingerprint density at radius 2 is 1.41 bits per heavy atom. The molecule has 0 amide bonds. The Kier molecular flexibility index (Phi) is 5.78. The molecule has 0 saturated carbocycles. The van der Waals surface area contributed by atoms with Crippen LogP contribution in [0.4, 0.5) is 11.6 Å². The molecule has 2 aromatic rings. The van der Waals surface area contributed by atoms with Gasteiger partial charge in [-0.1, -0.05) is 12.1 Å².